The number of Topliss-reactive ketones (excluding diaryl/α,β-unsaturated/α-hetero) is 1. The van der Waals surface area contributed by atoms with E-state index in [2.05, 4.69) is 0 Å². The molecule has 0 amide bonds. The molecule has 1 unspecified atom stereocenters. The third-order valence-electron chi connectivity index (χ3n) is 3.65. The van der Waals surface area contributed by atoms with Gasteiger partial charge in [0.2, 0.25) is 0 Å². The van der Waals surface area contributed by atoms with Crippen LogP contribution in [-0.2, 0) is 0 Å². The molecule has 1 aliphatic rings. The Morgan fingerprint density at radius 3 is 2.50 bits per heavy atom. The van der Waals surface area contributed by atoms with Crippen molar-refractivity contribution in [3.05, 3.63) is 53.1 Å². The summed E-state index contributed by atoms with van der Waals surface area (Å²) in [4.78, 5) is 12.5. The largest absolute Gasteiger partial charge is 0.508 e. The quantitative estimate of drug-likeness (QED) is 0.836. The van der Waals surface area contributed by atoms with Gasteiger partial charge in [0.05, 0.1) is 11.5 Å². The van der Waals surface area contributed by atoms with E-state index in [4.69, 9.17) is 4.74 Å². The summed E-state index contributed by atoms with van der Waals surface area (Å²) in [5, 5.41) is 19.0. The number of rotatable bonds is 1. The maximum atomic E-state index is 12.5. The lowest BCUT2D eigenvalue weighted by atomic mass is 9.88. The van der Waals surface area contributed by atoms with Crippen LogP contribution < -0.4 is 4.74 Å². The summed E-state index contributed by atoms with van der Waals surface area (Å²) in [5.74, 6) is 0.343. The zero-order valence-corrected chi connectivity index (χ0v) is 11.0. The predicted molar refractivity (Wildman–Crippen MR) is 73.5 cm³/mol. The van der Waals surface area contributed by atoms with Crippen LogP contribution in [0.1, 0.15) is 27.4 Å². The van der Waals surface area contributed by atoms with Crippen LogP contribution in [0.4, 0.5) is 0 Å². The average molecular weight is 270 g/mol. The van der Waals surface area contributed by atoms with E-state index in [0.29, 0.717) is 16.9 Å². The van der Waals surface area contributed by atoms with Crippen LogP contribution in [0.3, 0.4) is 0 Å². The van der Waals surface area contributed by atoms with Crippen LogP contribution in [0.5, 0.6) is 17.2 Å². The second-order valence-corrected chi connectivity index (χ2v) is 4.91. The molecule has 0 saturated heterocycles. The van der Waals surface area contributed by atoms with Crippen molar-refractivity contribution < 1.29 is 19.7 Å². The number of fused-ring (bicyclic) bond motifs is 1. The number of carbonyl (C=O) groups is 1. The Hall–Kier alpha value is -2.49. The minimum absolute atomic E-state index is 0.0277. The van der Waals surface area contributed by atoms with E-state index in [1.807, 2.05) is 0 Å². The van der Waals surface area contributed by atoms with Gasteiger partial charge in [-0.3, -0.25) is 4.79 Å². The Morgan fingerprint density at radius 1 is 1.10 bits per heavy atom. The lowest BCUT2D eigenvalue weighted by molar-refractivity contribution is 0.0895. The molecule has 2 aromatic carbocycles. The van der Waals surface area contributed by atoms with Crippen molar-refractivity contribution >= 4 is 5.78 Å². The van der Waals surface area contributed by atoms with E-state index in [1.165, 1.54) is 6.07 Å². The zero-order valence-electron chi connectivity index (χ0n) is 11.0. The molecule has 20 heavy (non-hydrogen) atoms. The normalized spacial score (nSPS) is 17.4. The maximum Gasteiger partial charge on any atom is 0.177 e. The van der Waals surface area contributed by atoms with Gasteiger partial charge >= 0.3 is 0 Å². The Morgan fingerprint density at radius 2 is 1.80 bits per heavy atom. The third kappa shape index (κ3) is 1.90. The van der Waals surface area contributed by atoms with E-state index < -0.39 is 0 Å². The number of hydrogen-bond donors (Lipinski definition) is 2. The van der Waals surface area contributed by atoms with Gasteiger partial charge in [-0.05, 0) is 36.8 Å². The molecular weight excluding hydrogens is 256 g/mol. The van der Waals surface area contributed by atoms with E-state index in [-0.39, 0.29) is 29.8 Å². The molecule has 3 rings (SSSR count). The molecule has 0 aliphatic carbocycles. The fourth-order valence-electron chi connectivity index (χ4n) is 2.45. The van der Waals surface area contributed by atoms with Crippen LogP contribution >= 0.6 is 0 Å². The third-order valence-corrected chi connectivity index (χ3v) is 3.65. The molecule has 102 valence electrons. The van der Waals surface area contributed by atoms with E-state index in [0.717, 1.165) is 5.56 Å². The van der Waals surface area contributed by atoms with Gasteiger partial charge in [-0.25, -0.2) is 0 Å². The number of phenols is 2. The van der Waals surface area contributed by atoms with E-state index in [1.54, 1.807) is 37.3 Å². The first-order valence-electron chi connectivity index (χ1n) is 6.36. The number of benzene rings is 2. The van der Waals surface area contributed by atoms with Gasteiger partial charge in [0.25, 0.3) is 0 Å². The van der Waals surface area contributed by atoms with Crippen molar-refractivity contribution in [3.63, 3.8) is 0 Å². The van der Waals surface area contributed by atoms with Gasteiger partial charge in [-0.15, -0.1) is 0 Å². The first-order chi connectivity index (χ1) is 9.58. The monoisotopic (exact) mass is 270 g/mol. The average Bonchev–Trinajstić information content (AvgIpc) is 2.45. The highest BCUT2D eigenvalue weighted by atomic mass is 16.5. The summed E-state index contributed by atoms with van der Waals surface area (Å²) < 4.78 is 5.66. The van der Waals surface area contributed by atoms with Crippen LogP contribution in [0, 0.1) is 6.92 Å². The molecule has 4 heteroatoms. The number of carbonyl (C=O) groups excluding carboxylic acids is 1. The first-order valence-corrected chi connectivity index (χ1v) is 6.36. The van der Waals surface area contributed by atoms with Gasteiger partial charge in [-0.1, -0.05) is 12.1 Å². The minimum atomic E-state index is -0.382. The molecule has 0 aromatic heterocycles. The second kappa shape index (κ2) is 4.56. The molecule has 0 fully saturated rings. The maximum absolute atomic E-state index is 12.5. The number of ether oxygens (including phenoxy) is 1. The summed E-state index contributed by atoms with van der Waals surface area (Å²) in [7, 11) is 0. The number of hydrogen-bond acceptors (Lipinski definition) is 4. The summed E-state index contributed by atoms with van der Waals surface area (Å²) >= 11 is 0. The van der Waals surface area contributed by atoms with Crippen molar-refractivity contribution in [2.24, 2.45) is 0 Å². The molecule has 0 bridgehead atoms. The second-order valence-electron chi connectivity index (χ2n) is 4.91. The van der Waals surface area contributed by atoms with Gasteiger partial charge in [0.1, 0.15) is 23.9 Å². The van der Waals surface area contributed by atoms with Crippen LogP contribution in [-0.4, -0.2) is 22.6 Å². The first kappa shape index (κ1) is 12.5. The molecule has 0 radical (unpaired) electrons. The zero-order chi connectivity index (χ0) is 14.3. The van der Waals surface area contributed by atoms with Crippen molar-refractivity contribution in [1.29, 1.82) is 0 Å². The Labute approximate surface area is 116 Å². The summed E-state index contributed by atoms with van der Waals surface area (Å²) in [5.41, 5.74) is 1.88. The molecular formula is C16H14O4. The lowest BCUT2D eigenvalue weighted by Crippen LogP contribution is -2.26. The highest BCUT2D eigenvalue weighted by Gasteiger charge is 2.31. The van der Waals surface area contributed by atoms with E-state index in [9.17, 15) is 15.0 Å². The number of aromatic hydroxyl groups is 2. The van der Waals surface area contributed by atoms with Gasteiger partial charge in [0.15, 0.2) is 5.78 Å². The molecule has 2 aromatic rings. The van der Waals surface area contributed by atoms with Crippen molar-refractivity contribution in [1.82, 2.24) is 0 Å². The van der Waals surface area contributed by atoms with Crippen LogP contribution in [0.25, 0.3) is 0 Å². The molecule has 2 N–H and O–H groups in total. The summed E-state index contributed by atoms with van der Waals surface area (Å²) in [6, 6.07) is 9.65. The highest BCUT2D eigenvalue weighted by Crippen LogP contribution is 2.38. The number of phenolic OH excluding ortho intramolecular Hbond substituents is 2. The number of ketones is 1. The minimum Gasteiger partial charge on any atom is -0.508 e. The van der Waals surface area contributed by atoms with Crippen molar-refractivity contribution in [2.45, 2.75) is 12.8 Å². The van der Waals surface area contributed by atoms with E-state index >= 15 is 0 Å². The Kier molecular flexibility index (Phi) is 2.86. The van der Waals surface area contributed by atoms with Crippen molar-refractivity contribution in [2.75, 3.05) is 6.61 Å². The fourth-order valence-corrected chi connectivity index (χ4v) is 2.45. The molecule has 4 nitrogen and oxygen atoms in total. The molecule has 0 saturated carbocycles. The fraction of sp³-hybridized carbons (Fsp3) is 0.188. The Bertz CT molecular complexity index is 674. The Balaban J connectivity index is 2.01. The molecule has 0 spiro atoms. The van der Waals surface area contributed by atoms with Gasteiger partial charge in [-0.2, -0.15) is 0 Å². The smallest absolute Gasteiger partial charge is 0.177 e. The predicted octanol–water partition coefficient (Wildman–Crippen LogP) is 2.77. The lowest BCUT2D eigenvalue weighted by Gasteiger charge is -2.26. The standard InChI is InChI=1S/C16H14O4/c1-9-14(18)7-6-12-15(19)13(8-20-16(9)12)10-2-4-11(17)5-3-10/h2-7,13,17-18H,8H2,1H3. The van der Waals surface area contributed by atoms with Crippen LogP contribution in [0.15, 0.2) is 36.4 Å². The summed E-state index contributed by atoms with van der Waals surface area (Å²) in [6.07, 6.45) is 0. The molecule has 1 aliphatic heterocycles. The topological polar surface area (TPSA) is 66.8 Å². The highest BCUT2D eigenvalue weighted by molar-refractivity contribution is 6.04. The molecule has 1 heterocycles. The van der Waals surface area contributed by atoms with Gasteiger partial charge < -0.3 is 14.9 Å². The van der Waals surface area contributed by atoms with Crippen LogP contribution in [0.2, 0.25) is 0 Å². The summed E-state index contributed by atoms with van der Waals surface area (Å²) in [6.45, 7) is 1.96. The van der Waals surface area contributed by atoms with Crippen molar-refractivity contribution in [3.8, 4) is 17.2 Å². The van der Waals surface area contributed by atoms with Gasteiger partial charge in [0, 0.05) is 5.56 Å². The molecule has 1 atom stereocenters. The SMILES string of the molecule is Cc1c(O)ccc2c1OCC(c1ccc(O)cc1)C2=O.